The number of hydrogen-bond acceptors (Lipinski definition) is 1. The molecule has 0 aliphatic carbocycles. The summed E-state index contributed by atoms with van der Waals surface area (Å²) in [6.07, 6.45) is 9.31. The maximum Gasteiger partial charge on any atom is 0.128 e. The first-order valence-corrected chi connectivity index (χ1v) is 8.54. The van der Waals surface area contributed by atoms with Gasteiger partial charge in [0, 0.05) is 0 Å². The average molecular weight is 374 g/mol. The minimum atomic E-state index is 0.207. The molecule has 0 saturated heterocycles. The minimum Gasteiger partial charge on any atom is -0.507 e. The van der Waals surface area contributed by atoms with Gasteiger partial charge in [0.25, 0.3) is 0 Å². The first-order valence-electron chi connectivity index (χ1n) is 7.46. The van der Waals surface area contributed by atoms with Crippen molar-refractivity contribution >= 4 is 22.6 Å². The predicted octanol–water partition coefficient (Wildman–Crippen LogP) is 6.03. The third-order valence-corrected chi connectivity index (χ3v) is 4.75. The second-order valence-corrected chi connectivity index (χ2v) is 7.23. The summed E-state index contributed by atoms with van der Waals surface area (Å²) in [6.45, 7) is 6.87. The van der Waals surface area contributed by atoms with Gasteiger partial charge in [0.2, 0.25) is 0 Å². The van der Waals surface area contributed by atoms with Crippen LogP contribution < -0.4 is 0 Å². The van der Waals surface area contributed by atoms with Crippen LogP contribution in [-0.4, -0.2) is 5.11 Å². The highest BCUT2D eigenvalue weighted by Crippen LogP contribution is 2.32. The first-order chi connectivity index (χ1) is 8.97. The fourth-order valence-corrected chi connectivity index (χ4v) is 2.93. The van der Waals surface area contributed by atoms with Gasteiger partial charge in [0.1, 0.15) is 5.75 Å². The molecule has 0 atom stereocenters. The second kappa shape index (κ2) is 8.13. The molecular formula is C17H27IO. The normalized spacial score (nSPS) is 11.8. The van der Waals surface area contributed by atoms with Gasteiger partial charge in [-0.2, -0.15) is 0 Å². The van der Waals surface area contributed by atoms with Crippen molar-refractivity contribution in [3.05, 3.63) is 27.3 Å². The van der Waals surface area contributed by atoms with Crippen molar-refractivity contribution in [2.45, 2.75) is 71.1 Å². The van der Waals surface area contributed by atoms with Gasteiger partial charge in [-0.15, -0.1) is 0 Å². The smallest absolute Gasteiger partial charge is 0.128 e. The van der Waals surface area contributed by atoms with E-state index in [0.717, 1.165) is 3.57 Å². The lowest BCUT2D eigenvalue weighted by molar-refractivity contribution is 0.439. The van der Waals surface area contributed by atoms with Crippen LogP contribution in [0.25, 0.3) is 0 Å². The molecule has 0 bridgehead atoms. The Labute approximate surface area is 132 Å². The van der Waals surface area contributed by atoms with Gasteiger partial charge in [-0.05, 0) is 52.1 Å². The van der Waals surface area contributed by atoms with Gasteiger partial charge in [-0.25, -0.2) is 0 Å². The Hall–Kier alpha value is -0.250. The number of rotatable bonds is 8. The highest BCUT2D eigenvalue weighted by Gasteiger charge is 2.20. The van der Waals surface area contributed by atoms with Gasteiger partial charge in [-0.3, -0.25) is 0 Å². The summed E-state index contributed by atoms with van der Waals surface area (Å²) >= 11 is 2.20. The van der Waals surface area contributed by atoms with E-state index in [1.807, 2.05) is 6.07 Å². The average Bonchev–Trinajstić information content (AvgIpc) is 2.36. The Kier molecular flexibility index (Phi) is 7.19. The summed E-state index contributed by atoms with van der Waals surface area (Å²) in [7, 11) is 0. The zero-order chi connectivity index (χ0) is 14.3. The summed E-state index contributed by atoms with van der Waals surface area (Å²) in [5.41, 5.74) is 1.54. The van der Waals surface area contributed by atoms with Crippen molar-refractivity contribution in [3.8, 4) is 5.75 Å². The summed E-state index contributed by atoms with van der Waals surface area (Å²) in [4.78, 5) is 0. The number of unbranched alkanes of at least 4 members (excludes halogenated alkanes) is 5. The van der Waals surface area contributed by atoms with E-state index in [9.17, 15) is 5.11 Å². The van der Waals surface area contributed by atoms with Gasteiger partial charge in [0.15, 0.2) is 0 Å². The maximum atomic E-state index is 9.60. The highest BCUT2D eigenvalue weighted by molar-refractivity contribution is 14.1. The molecule has 108 valence electrons. The van der Waals surface area contributed by atoms with E-state index in [1.54, 1.807) is 0 Å². The van der Waals surface area contributed by atoms with Crippen molar-refractivity contribution in [2.24, 2.45) is 0 Å². The van der Waals surface area contributed by atoms with Crippen LogP contribution in [0.4, 0.5) is 0 Å². The van der Waals surface area contributed by atoms with Gasteiger partial charge >= 0.3 is 0 Å². The Bertz CT molecular complexity index is 385. The summed E-state index contributed by atoms with van der Waals surface area (Å²) < 4.78 is 0.950. The number of phenols is 1. The quantitative estimate of drug-likeness (QED) is 0.435. The second-order valence-electron chi connectivity index (χ2n) is 6.07. The van der Waals surface area contributed by atoms with Crippen LogP contribution in [0.15, 0.2) is 18.2 Å². The van der Waals surface area contributed by atoms with E-state index >= 15 is 0 Å². The van der Waals surface area contributed by atoms with Crippen LogP contribution in [-0.2, 0) is 5.41 Å². The van der Waals surface area contributed by atoms with E-state index < -0.39 is 0 Å². The summed E-state index contributed by atoms with van der Waals surface area (Å²) in [6, 6.07) is 6.00. The zero-order valence-electron chi connectivity index (χ0n) is 12.5. The molecule has 0 aliphatic heterocycles. The Morgan fingerprint density at radius 1 is 1.05 bits per heavy atom. The Balaban J connectivity index is 2.44. The molecule has 0 aromatic heterocycles. The molecule has 19 heavy (non-hydrogen) atoms. The van der Waals surface area contributed by atoms with Crippen LogP contribution in [0.5, 0.6) is 5.75 Å². The number of phenolic OH excluding ortho intramolecular Hbond substituents is 1. The molecule has 1 nitrogen and oxygen atoms in total. The molecule has 1 aromatic rings. The van der Waals surface area contributed by atoms with Crippen LogP contribution in [0.1, 0.15) is 71.3 Å². The molecule has 0 aliphatic rings. The van der Waals surface area contributed by atoms with E-state index in [-0.39, 0.29) is 5.41 Å². The van der Waals surface area contributed by atoms with E-state index in [0.29, 0.717) is 5.75 Å². The minimum absolute atomic E-state index is 0.207. The third kappa shape index (κ3) is 5.72. The Morgan fingerprint density at radius 3 is 2.32 bits per heavy atom. The van der Waals surface area contributed by atoms with Crippen molar-refractivity contribution in [1.82, 2.24) is 0 Å². The van der Waals surface area contributed by atoms with Crippen molar-refractivity contribution in [3.63, 3.8) is 0 Å². The SMILES string of the molecule is CCCCCCCCC(C)(C)c1ccc(O)c(I)c1. The molecule has 0 unspecified atom stereocenters. The zero-order valence-corrected chi connectivity index (χ0v) is 14.7. The summed E-state index contributed by atoms with van der Waals surface area (Å²) in [5.74, 6) is 0.389. The topological polar surface area (TPSA) is 20.2 Å². The Morgan fingerprint density at radius 2 is 1.68 bits per heavy atom. The molecule has 0 spiro atoms. The molecule has 0 radical (unpaired) electrons. The molecule has 0 heterocycles. The van der Waals surface area contributed by atoms with Gasteiger partial charge < -0.3 is 5.11 Å². The van der Waals surface area contributed by atoms with Crippen molar-refractivity contribution in [1.29, 1.82) is 0 Å². The molecule has 1 N–H and O–H groups in total. The monoisotopic (exact) mass is 374 g/mol. The number of hydrogen-bond donors (Lipinski definition) is 1. The van der Waals surface area contributed by atoms with E-state index in [4.69, 9.17) is 0 Å². The van der Waals surface area contributed by atoms with Gasteiger partial charge in [-0.1, -0.05) is 65.4 Å². The molecule has 0 saturated carbocycles. The summed E-state index contributed by atoms with van der Waals surface area (Å²) in [5, 5.41) is 9.60. The van der Waals surface area contributed by atoms with Crippen LogP contribution >= 0.6 is 22.6 Å². The molecule has 2 heteroatoms. The maximum absolute atomic E-state index is 9.60. The number of halogens is 1. The lowest BCUT2D eigenvalue weighted by Crippen LogP contribution is -2.17. The lowest BCUT2D eigenvalue weighted by atomic mass is 9.80. The molecule has 0 fully saturated rings. The third-order valence-electron chi connectivity index (χ3n) is 3.88. The van der Waals surface area contributed by atoms with Crippen LogP contribution in [0.2, 0.25) is 0 Å². The van der Waals surface area contributed by atoms with Crippen LogP contribution in [0, 0.1) is 3.57 Å². The standard InChI is InChI=1S/C17H27IO/c1-4-5-6-7-8-9-12-17(2,3)14-10-11-16(19)15(18)13-14/h10-11,13,19H,4-9,12H2,1-3H3. The van der Waals surface area contributed by atoms with E-state index in [1.165, 1.54) is 50.5 Å². The van der Waals surface area contributed by atoms with E-state index in [2.05, 4.69) is 55.5 Å². The molecular weight excluding hydrogens is 347 g/mol. The highest BCUT2D eigenvalue weighted by atomic mass is 127. The molecule has 1 aromatic carbocycles. The van der Waals surface area contributed by atoms with Gasteiger partial charge in [0.05, 0.1) is 3.57 Å². The number of benzene rings is 1. The largest absolute Gasteiger partial charge is 0.507 e. The number of aromatic hydroxyl groups is 1. The fraction of sp³-hybridized carbons (Fsp3) is 0.647. The fourth-order valence-electron chi connectivity index (χ4n) is 2.42. The predicted molar refractivity (Wildman–Crippen MR) is 91.8 cm³/mol. The molecule has 0 amide bonds. The van der Waals surface area contributed by atoms with Crippen molar-refractivity contribution < 1.29 is 5.11 Å². The molecule has 1 rings (SSSR count). The first kappa shape index (κ1) is 16.8. The van der Waals surface area contributed by atoms with Crippen LogP contribution in [0.3, 0.4) is 0 Å². The van der Waals surface area contributed by atoms with Crippen molar-refractivity contribution in [2.75, 3.05) is 0 Å². The lowest BCUT2D eigenvalue weighted by Gasteiger charge is -2.25.